The van der Waals surface area contributed by atoms with E-state index in [1.54, 1.807) is 25.3 Å². The zero-order valence-electron chi connectivity index (χ0n) is 10.6. The predicted molar refractivity (Wildman–Crippen MR) is 83.0 cm³/mol. The molecule has 0 unspecified atom stereocenters. The van der Waals surface area contributed by atoms with E-state index in [0.717, 1.165) is 25.2 Å². The van der Waals surface area contributed by atoms with Crippen molar-refractivity contribution in [3.8, 4) is 0 Å². The highest BCUT2D eigenvalue weighted by atomic mass is 29.1. The molecule has 2 aliphatic heterocycles. The van der Waals surface area contributed by atoms with Crippen molar-refractivity contribution in [3.05, 3.63) is 0 Å². The Morgan fingerprint density at radius 3 is 1.20 bits per heavy atom. The molecule has 0 aromatic rings. The highest BCUT2D eigenvalue weighted by Gasteiger charge is 2.32. The van der Waals surface area contributed by atoms with E-state index < -0.39 is 0 Å². The first-order valence-electron chi connectivity index (χ1n) is 6.60. The molecule has 0 saturated carbocycles. The zero-order valence-corrected chi connectivity index (χ0v) is 13.6. The van der Waals surface area contributed by atoms with Crippen LogP contribution < -0.4 is 0 Å². The van der Waals surface area contributed by atoms with Crippen molar-refractivity contribution in [2.45, 2.75) is 52.6 Å². The largest absolute Gasteiger partial charge is 0.142 e. The monoisotopic (exact) mass is 244 g/mol. The molecule has 0 amide bonds. The maximum absolute atomic E-state index is 2.55. The van der Waals surface area contributed by atoms with Gasteiger partial charge in [-0.1, -0.05) is 52.6 Å². The van der Waals surface area contributed by atoms with Crippen molar-refractivity contribution in [3.63, 3.8) is 0 Å². The standard InChI is InChI=1S/C8H20B4Si3/c1-9-5-6-10(2)14(9)13-15-11(3)7-8-12(15)4/h5-8H2,1-4H3. The molecule has 2 heterocycles. The minimum absolute atomic E-state index is 0.0574. The topological polar surface area (TPSA) is 0 Å². The van der Waals surface area contributed by atoms with Crippen molar-refractivity contribution in [2.24, 2.45) is 0 Å². The molecule has 7 heteroatoms. The van der Waals surface area contributed by atoms with Gasteiger partial charge in [0.05, 0.1) is 0 Å². The van der Waals surface area contributed by atoms with Crippen LogP contribution in [-0.2, 0) is 0 Å². The van der Waals surface area contributed by atoms with Crippen molar-refractivity contribution in [2.75, 3.05) is 0 Å². The molecule has 15 heavy (non-hydrogen) atoms. The van der Waals surface area contributed by atoms with E-state index in [0.29, 0.717) is 0 Å². The molecular weight excluding hydrogens is 224 g/mol. The summed E-state index contributed by atoms with van der Waals surface area (Å²) in [5.41, 5.74) is 0. The summed E-state index contributed by atoms with van der Waals surface area (Å²) >= 11 is 0. The molecule has 0 nitrogen and oxygen atoms in total. The van der Waals surface area contributed by atoms with E-state index in [4.69, 9.17) is 0 Å². The van der Waals surface area contributed by atoms with Gasteiger partial charge >= 0.3 is 0 Å². The zero-order chi connectivity index (χ0) is 11.0. The van der Waals surface area contributed by atoms with Crippen LogP contribution in [0.25, 0.3) is 0 Å². The number of rotatable bonds is 0. The van der Waals surface area contributed by atoms with Crippen LogP contribution in [0.2, 0.25) is 52.6 Å². The molecule has 2 aliphatic rings. The Balaban J connectivity index is 2.36. The minimum atomic E-state index is 0.0574. The Morgan fingerprint density at radius 2 is 0.933 bits per heavy atom. The second-order valence-electron chi connectivity index (χ2n) is 5.79. The summed E-state index contributed by atoms with van der Waals surface area (Å²) in [6.45, 7) is 10.2. The third-order valence-electron chi connectivity index (χ3n) is 4.48. The van der Waals surface area contributed by atoms with Gasteiger partial charge < -0.3 is 0 Å². The first-order chi connectivity index (χ1) is 7.09. The molecule has 0 aliphatic carbocycles. The first kappa shape index (κ1) is 12.4. The van der Waals surface area contributed by atoms with Gasteiger partial charge in [-0.3, -0.25) is 0 Å². The maximum Gasteiger partial charge on any atom is 0.142 e. The van der Waals surface area contributed by atoms with Crippen LogP contribution in [0, 0.1) is 0 Å². The van der Waals surface area contributed by atoms with Crippen LogP contribution in [0.3, 0.4) is 0 Å². The molecule has 0 atom stereocenters. The average Bonchev–Trinajstić information content (AvgIpc) is 2.67. The van der Waals surface area contributed by atoms with Crippen LogP contribution in [0.4, 0.5) is 0 Å². The fraction of sp³-hybridized carbons (Fsp3) is 1.00. The third kappa shape index (κ3) is 2.60. The summed E-state index contributed by atoms with van der Waals surface area (Å²) < 4.78 is 0. The Labute approximate surface area is 101 Å². The molecule has 2 fully saturated rings. The molecule has 0 radical (unpaired) electrons. The van der Waals surface area contributed by atoms with E-state index in [-0.39, 0.29) is 15.3 Å². The Morgan fingerprint density at radius 1 is 0.667 bits per heavy atom. The van der Waals surface area contributed by atoms with Gasteiger partial charge in [-0.25, -0.2) is 0 Å². The van der Waals surface area contributed by atoms with Crippen molar-refractivity contribution in [1.29, 1.82) is 0 Å². The second kappa shape index (κ2) is 5.05. The summed E-state index contributed by atoms with van der Waals surface area (Å²) in [5, 5.41) is 0. The van der Waals surface area contributed by atoms with Crippen LogP contribution >= 0.6 is 0 Å². The molecule has 0 aromatic heterocycles. The van der Waals surface area contributed by atoms with Crippen molar-refractivity contribution in [1.82, 2.24) is 0 Å². The van der Waals surface area contributed by atoms with Gasteiger partial charge in [-0.2, -0.15) is 0 Å². The molecule has 0 aromatic carbocycles. The lowest BCUT2D eigenvalue weighted by Gasteiger charge is -2.05. The molecule has 0 bridgehead atoms. The maximum atomic E-state index is 2.55. The van der Waals surface area contributed by atoms with Gasteiger partial charge in [0.25, 0.3) is 0 Å². The van der Waals surface area contributed by atoms with Crippen molar-refractivity contribution < 1.29 is 0 Å². The van der Waals surface area contributed by atoms with Gasteiger partial charge in [0.15, 0.2) is 0 Å². The smallest absolute Gasteiger partial charge is 0.132 e. The molecule has 2 rings (SSSR count). The minimum Gasteiger partial charge on any atom is -0.132 e. The Hall–Kier alpha value is 0.910. The summed E-state index contributed by atoms with van der Waals surface area (Å²) in [7, 11) is 1.58. The first-order valence-corrected chi connectivity index (χ1v) is 12.9. The van der Waals surface area contributed by atoms with E-state index in [1.165, 1.54) is 7.71 Å². The SMILES string of the molecule is CB1CCB(C)[Si]1=[Si]=[Si]1B(C)CCB1C. The Kier molecular flexibility index (Phi) is 4.16. The molecule has 76 valence electrons. The second-order valence-corrected chi connectivity index (χ2v) is 18.3. The molecule has 0 N–H and O–H groups in total. The fourth-order valence-corrected chi connectivity index (χ4v) is 26.0. The number of hydrogen-bond donors (Lipinski definition) is 0. The van der Waals surface area contributed by atoms with Gasteiger partial charge in [-0.05, 0) is 15.3 Å². The Bertz CT molecular complexity index is 274. The highest BCUT2D eigenvalue weighted by Crippen LogP contribution is 2.16. The van der Waals surface area contributed by atoms with Gasteiger partial charge in [0, 0.05) is 0 Å². The predicted octanol–water partition coefficient (Wildman–Crippen LogP) is 1.51. The lowest BCUT2D eigenvalue weighted by atomic mass is 9.65. The van der Waals surface area contributed by atoms with E-state index in [2.05, 4.69) is 27.3 Å². The van der Waals surface area contributed by atoms with E-state index >= 15 is 0 Å². The van der Waals surface area contributed by atoms with Gasteiger partial charge in [-0.15, -0.1) is 7.71 Å². The van der Waals surface area contributed by atoms with Crippen molar-refractivity contribution >= 4 is 48.2 Å². The summed E-state index contributed by atoms with van der Waals surface area (Å²) in [4.78, 5) is 0. The average molecular weight is 244 g/mol. The van der Waals surface area contributed by atoms with Crippen LogP contribution in [-0.4, -0.2) is 48.2 Å². The number of hydrogen-bond acceptors (Lipinski definition) is 0. The molecule has 2 saturated heterocycles. The van der Waals surface area contributed by atoms with Gasteiger partial charge in [0.2, 0.25) is 0 Å². The van der Waals surface area contributed by atoms with Crippen LogP contribution in [0.1, 0.15) is 0 Å². The lowest BCUT2D eigenvalue weighted by molar-refractivity contribution is 1.41. The van der Waals surface area contributed by atoms with E-state index in [1.807, 2.05) is 0 Å². The van der Waals surface area contributed by atoms with E-state index in [9.17, 15) is 0 Å². The third-order valence-corrected chi connectivity index (χ3v) is 23.3. The van der Waals surface area contributed by atoms with Gasteiger partial charge in [0.1, 0.15) is 25.2 Å². The van der Waals surface area contributed by atoms with Crippen LogP contribution in [0.5, 0.6) is 0 Å². The van der Waals surface area contributed by atoms with Crippen LogP contribution in [0.15, 0.2) is 0 Å². The summed E-state index contributed by atoms with van der Waals surface area (Å²) in [6.07, 6.45) is 10.8. The quantitative estimate of drug-likeness (QED) is 0.566. The normalized spacial score (nSPS) is 21.9. The molecule has 0 spiro atoms. The fourth-order valence-electron chi connectivity index (χ4n) is 3.25. The lowest BCUT2D eigenvalue weighted by Crippen LogP contribution is -2.38. The summed E-state index contributed by atoms with van der Waals surface area (Å²) in [6, 6.07) is 0. The highest BCUT2D eigenvalue weighted by molar-refractivity contribution is 7.66. The summed E-state index contributed by atoms with van der Waals surface area (Å²) in [5.74, 6) is 0. The molecular formula is C8H20B4Si3.